The normalized spacial score (nSPS) is 17.4. The number of hydrogen-bond donors (Lipinski definition) is 0. The fourth-order valence-electron chi connectivity index (χ4n) is 1.49. The minimum absolute atomic E-state index is 0.104. The number of rotatable bonds is 1. The lowest BCUT2D eigenvalue weighted by atomic mass is 10.2. The molecule has 0 bridgehead atoms. The minimum atomic E-state index is -0.521. The Labute approximate surface area is 91.0 Å². The Morgan fingerprint density at radius 3 is 2.81 bits per heavy atom. The summed E-state index contributed by atoms with van der Waals surface area (Å²) in [4.78, 5) is 15.0. The first-order chi connectivity index (χ1) is 7.74. The molecule has 1 aromatic carbocycles. The maximum atomic E-state index is 11.1. The molecule has 2 aliphatic heterocycles. The largest absolute Gasteiger partial charge is 0.454 e. The molecule has 0 fully saturated rings. The highest BCUT2D eigenvalue weighted by Crippen LogP contribution is 2.33. The SMILES string of the molecule is C=C1N=C(c2ccc3c(c2)OCO3)OC1=O. The summed E-state index contributed by atoms with van der Waals surface area (Å²) in [7, 11) is 0. The third-order valence-corrected chi connectivity index (χ3v) is 2.28. The van der Waals surface area contributed by atoms with Gasteiger partial charge in [-0.2, -0.15) is 0 Å². The van der Waals surface area contributed by atoms with Crippen molar-refractivity contribution in [1.29, 1.82) is 0 Å². The van der Waals surface area contributed by atoms with E-state index in [2.05, 4.69) is 11.6 Å². The van der Waals surface area contributed by atoms with Gasteiger partial charge in [0.1, 0.15) is 5.70 Å². The van der Waals surface area contributed by atoms with Gasteiger partial charge in [0.15, 0.2) is 11.5 Å². The molecule has 2 heterocycles. The van der Waals surface area contributed by atoms with Crippen molar-refractivity contribution in [1.82, 2.24) is 0 Å². The number of nitrogens with zero attached hydrogens (tertiary/aromatic N) is 1. The summed E-state index contributed by atoms with van der Waals surface area (Å²) in [6.07, 6.45) is 0. The van der Waals surface area contributed by atoms with Crippen molar-refractivity contribution >= 4 is 11.9 Å². The lowest BCUT2D eigenvalue weighted by Gasteiger charge is -2.01. The first-order valence-electron chi connectivity index (χ1n) is 4.64. The van der Waals surface area contributed by atoms with Crippen LogP contribution in [-0.2, 0) is 9.53 Å². The van der Waals surface area contributed by atoms with Crippen LogP contribution in [0.4, 0.5) is 0 Å². The first-order valence-corrected chi connectivity index (χ1v) is 4.64. The highest BCUT2D eigenvalue weighted by atomic mass is 16.7. The number of carbonyl (C=O) groups is 1. The number of hydrogen-bond acceptors (Lipinski definition) is 5. The van der Waals surface area contributed by atoms with Crippen LogP contribution in [-0.4, -0.2) is 18.7 Å². The van der Waals surface area contributed by atoms with Crippen LogP contribution in [0.5, 0.6) is 11.5 Å². The lowest BCUT2D eigenvalue weighted by Crippen LogP contribution is -2.04. The molecule has 5 nitrogen and oxygen atoms in total. The van der Waals surface area contributed by atoms with Crippen LogP contribution in [0.2, 0.25) is 0 Å². The first kappa shape index (κ1) is 8.96. The Bertz CT molecular complexity index is 533. The van der Waals surface area contributed by atoms with Gasteiger partial charge in [-0.1, -0.05) is 6.58 Å². The van der Waals surface area contributed by atoms with E-state index in [4.69, 9.17) is 14.2 Å². The van der Waals surface area contributed by atoms with Gasteiger partial charge in [0, 0.05) is 5.56 Å². The van der Waals surface area contributed by atoms with Gasteiger partial charge in [0.05, 0.1) is 0 Å². The maximum absolute atomic E-state index is 11.1. The molecule has 0 saturated heterocycles. The van der Waals surface area contributed by atoms with Gasteiger partial charge >= 0.3 is 5.97 Å². The molecule has 3 rings (SSSR count). The molecule has 0 amide bonds. The lowest BCUT2D eigenvalue weighted by molar-refractivity contribution is -0.129. The molecule has 1 aromatic rings. The number of benzene rings is 1. The molecule has 16 heavy (non-hydrogen) atoms. The molecule has 0 saturated carbocycles. The van der Waals surface area contributed by atoms with Crippen molar-refractivity contribution in [3.8, 4) is 11.5 Å². The van der Waals surface area contributed by atoms with Crippen molar-refractivity contribution in [2.45, 2.75) is 0 Å². The molecular formula is C11H7NO4. The zero-order valence-electron chi connectivity index (χ0n) is 8.23. The number of carbonyl (C=O) groups excluding carboxylic acids is 1. The van der Waals surface area contributed by atoms with Gasteiger partial charge in [0.25, 0.3) is 0 Å². The second-order valence-electron chi connectivity index (χ2n) is 3.32. The third-order valence-electron chi connectivity index (χ3n) is 2.28. The summed E-state index contributed by atoms with van der Waals surface area (Å²) in [6.45, 7) is 3.67. The zero-order valence-corrected chi connectivity index (χ0v) is 8.23. The Hall–Kier alpha value is -2.30. The summed E-state index contributed by atoms with van der Waals surface area (Å²) in [5.41, 5.74) is 0.768. The Morgan fingerprint density at radius 1 is 1.25 bits per heavy atom. The van der Waals surface area contributed by atoms with E-state index in [-0.39, 0.29) is 18.4 Å². The molecule has 5 heteroatoms. The quantitative estimate of drug-likeness (QED) is 0.524. The van der Waals surface area contributed by atoms with Gasteiger partial charge in [-0.15, -0.1) is 0 Å². The summed E-state index contributed by atoms with van der Waals surface area (Å²) in [5.74, 6) is 1.02. The molecule has 2 aliphatic rings. The van der Waals surface area contributed by atoms with E-state index in [1.165, 1.54) is 0 Å². The Balaban J connectivity index is 1.99. The monoisotopic (exact) mass is 217 g/mol. The number of esters is 1. The van der Waals surface area contributed by atoms with Crippen LogP contribution in [0.15, 0.2) is 35.5 Å². The summed E-state index contributed by atoms with van der Waals surface area (Å²) in [6, 6.07) is 5.21. The average molecular weight is 217 g/mol. The molecule has 0 atom stereocenters. The molecular weight excluding hydrogens is 210 g/mol. The second-order valence-corrected chi connectivity index (χ2v) is 3.32. The van der Waals surface area contributed by atoms with Crippen molar-refractivity contribution < 1.29 is 19.0 Å². The molecule has 80 valence electrons. The smallest absolute Gasteiger partial charge is 0.363 e. The minimum Gasteiger partial charge on any atom is -0.454 e. The fourth-order valence-corrected chi connectivity index (χ4v) is 1.49. The Morgan fingerprint density at radius 2 is 2.06 bits per heavy atom. The zero-order chi connectivity index (χ0) is 11.1. The average Bonchev–Trinajstić information content (AvgIpc) is 2.85. The van der Waals surface area contributed by atoms with Crippen molar-refractivity contribution in [3.63, 3.8) is 0 Å². The van der Waals surface area contributed by atoms with Crippen molar-refractivity contribution in [2.75, 3.05) is 6.79 Å². The molecule has 0 spiro atoms. The summed E-state index contributed by atoms with van der Waals surface area (Å²) < 4.78 is 15.3. The predicted octanol–water partition coefficient (Wildman–Crippen LogP) is 1.23. The summed E-state index contributed by atoms with van der Waals surface area (Å²) >= 11 is 0. The molecule has 0 aromatic heterocycles. The van der Waals surface area contributed by atoms with Crippen LogP contribution in [0.25, 0.3) is 0 Å². The fraction of sp³-hybridized carbons (Fsp3) is 0.0909. The van der Waals surface area contributed by atoms with Gasteiger partial charge in [0.2, 0.25) is 12.7 Å². The van der Waals surface area contributed by atoms with E-state index in [0.29, 0.717) is 17.1 Å². The van der Waals surface area contributed by atoms with E-state index in [1.807, 2.05) is 0 Å². The van der Waals surface area contributed by atoms with E-state index in [0.717, 1.165) is 0 Å². The van der Waals surface area contributed by atoms with Crippen LogP contribution < -0.4 is 9.47 Å². The molecule has 0 radical (unpaired) electrons. The van der Waals surface area contributed by atoms with E-state index < -0.39 is 5.97 Å². The second kappa shape index (κ2) is 3.10. The number of cyclic esters (lactones) is 1. The predicted molar refractivity (Wildman–Crippen MR) is 54.3 cm³/mol. The van der Waals surface area contributed by atoms with Crippen molar-refractivity contribution in [2.24, 2.45) is 4.99 Å². The van der Waals surface area contributed by atoms with E-state index >= 15 is 0 Å². The van der Waals surface area contributed by atoms with Gasteiger partial charge in [-0.05, 0) is 18.2 Å². The standard InChI is InChI=1S/C11H7NO4/c1-6-11(13)16-10(12-6)7-2-3-8-9(4-7)15-5-14-8/h2-4H,1,5H2. The van der Waals surface area contributed by atoms with Gasteiger partial charge in [-0.3, -0.25) is 0 Å². The van der Waals surface area contributed by atoms with Gasteiger partial charge < -0.3 is 14.2 Å². The highest BCUT2D eigenvalue weighted by molar-refractivity contribution is 6.11. The highest BCUT2D eigenvalue weighted by Gasteiger charge is 2.24. The number of aliphatic imine (C=N–C) groups is 1. The molecule has 0 unspecified atom stereocenters. The molecule has 0 aliphatic carbocycles. The van der Waals surface area contributed by atoms with Crippen LogP contribution in [0.3, 0.4) is 0 Å². The van der Waals surface area contributed by atoms with Crippen molar-refractivity contribution in [3.05, 3.63) is 36.0 Å². The summed E-state index contributed by atoms with van der Waals surface area (Å²) in [5, 5.41) is 0. The number of ether oxygens (including phenoxy) is 3. The van der Waals surface area contributed by atoms with E-state index in [9.17, 15) is 4.79 Å². The Kier molecular flexibility index (Phi) is 1.73. The topological polar surface area (TPSA) is 57.1 Å². The van der Waals surface area contributed by atoms with Crippen LogP contribution >= 0.6 is 0 Å². The van der Waals surface area contributed by atoms with Crippen LogP contribution in [0.1, 0.15) is 5.56 Å². The third kappa shape index (κ3) is 1.25. The van der Waals surface area contributed by atoms with Crippen LogP contribution in [0, 0.1) is 0 Å². The maximum Gasteiger partial charge on any atom is 0.363 e. The van der Waals surface area contributed by atoms with E-state index in [1.54, 1.807) is 18.2 Å². The number of fused-ring (bicyclic) bond motifs is 1. The molecule has 0 N–H and O–H groups in total. The van der Waals surface area contributed by atoms with Gasteiger partial charge in [-0.25, -0.2) is 9.79 Å².